The normalized spacial score (nSPS) is 26.9. The molecule has 4 heteroatoms. The summed E-state index contributed by atoms with van der Waals surface area (Å²) in [7, 11) is 0. The standard InChI is InChI=1S/C10H16N2O2/c11-10(2-4-14-8-10)7-12-5-9-1-3-13-6-9/h1,3,6,12H,2,4-5,7-8,11H2. The van der Waals surface area contributed by atoms with Crippen LogP contribution in [0.3, 0.4) is 0 Å². The molecule has 0 saturated carbocycles. The number of ether oxygens (including phenoxy) is 1. The topological polar surface area (TPSA) is 60.4 Å². The molecule has 1 aromatic rings. The molecule has 0 radical (unpaired) electrons. The quantitative estimate of drug-likeness (QED) is 0.735. The van der Waals surface area contributed by atoms with Crippen LogP contribution in [-0.4, -0.2) is 25.3 Å². The zero-order valence-corrected chi connectivity index (χ0v) is 8.16. The summed E-state index contributed by atoms with van der Waals surface area (Å²) in [4.78, 5) is 0. The molecule has 1 aliphatic rings. The maximum absolute atomic E-state index is 6.09. The number of nitrogens with one attached hydrogen (secondary N) is 1. The van der Waals surface area contributed by atoms with E-state index in [1.54, 1.807) is 12.5 Å². The Morgan fingerprint density at radius 1 is 1.57 bits per heavy atom. The second-order valence-electron chi connectivity index (χ2n) is 3.90. The van der Waals surface area contributed by atoms with Crippen molar-refractivity contribution in [2.45, 2.75) is 18.5 Å². The molecule has 1 fully saturated rings. The van der Waals surface area contributed by atoms with Crippen molar-refractivity contribution in [1.82, 2.24) is 5.32 Å². The van der Waals surface area contributed by atoms with Crippen LogP contribution in [0, 0.1) is 0 Å². The minimum atomic E-state index is -0.177. The van der Waals surface area contributed by atoms with E-state index in [4.69, 9.17) is 14.9 Å². The minimum absolute atomic E-state index is 0.177. The van der Waals surface area contributed by atoms with Gasteiger partial charge in [0.25, 0.3) is 0 Å². The van der Waals surface area contributed by atoms with Gasteiger partial charge in [-0.1, -0.05) is 0 Å². The molecular weight excluding hydrogens is 180 g/mol. The van der Waals surface area contributed by atoms with E-state index in [-0.39, 0.29) is 5.54 Å². The lowest BCUT2D eigenvalue weighted by Crippen LogP contribution is -2.49. The Bertz CT molecular complexity index is 266. The fourth-order valence-corrected chi connectivity index (χ4v) is 1.61. The Morgan fingerprint density at radius 3 is 3.14 bits per heavy atom. The molecule has 0 aliphatic carbocycles. The molecule has 0 bridgehead atoms. The molecule has 1 saturated heterocycles. The predicted molar refractivity (Wildman–Crippen MR) is 52.8 cm³/mol. The first-order chi connectivity index (χ1) is 6.79. The molecule has 4 nitrogen and oxygen atoms in total. The number of hydrogen-bond donors (Lipinski definition) is 2. The lowest BCUT2D eigenvalue weighted by Gasteiger charge is -2.21. The molecule has 1 atom stereocenters. The van der Waals surface area contributed by atoms with Gasteiger partial charge in [-0.05, 0) is 12.5 Å². The summed E-state index contributed by atoms with van der Waals surface area (Å²) in [6.07, 6.45) is 4.35. The summed E-state index contributed by atoms with van der Waals surface area (Å²) in [6, 6.07) is 1.95. The van der Waals surface area contributed by atoms with Gasteiger partial charge < -0.3 is 20.2 Å². The van der Waals surface area contributed by atoms with Crippen molar-refractivity contribution in [3.63, 3.8) is 0 Å². The largest absolute Gasteiger partial charge is 0.472 e. The van der Waals surface area contributed by atoms with Crippen molar-refractivity contribution in [1.29, 1.82) is 0 Å². The van der Waals surface area contributed by atoms with Gasteiger partial charge >= 0.3 is 0 Å². The summed E-state index contributed by atoms with van der Waals surface area (Å²) in [5, 5.41) is 3.31. The second-order valence-corrected chi connectivity index (χ2v) is 3.90. The van der Waals surface area contributed by atoms with Gasteiger partial charge in [-0.25, -0.2) is 0 Å². The van der Waals surface area contributed by atoms with Crippen LogP contribution in [0.4, 0.5) is 0 Å². The van der Waals surface area contributed by atoms with Gasteiger partial charge in [-0.3, -0.25) is 0 Å². The zero-order chi connectivity index (χ0) is 9.86. The summed E-state index contributed by atoms with van der Waals surface area (Å²) >= 11 is 0. The van der Waals surface area contributed by atoms with Crippen LogP contribution < -0.4 is 11.1 Å². The summed E-state index contributed by atoms with van der Waals surface area (Å²) < 4.78 is 10.2. The molecule has 3 N–H and O–H groups in total. The molecule has 14 heavy (non-hydrogen) atoms. The van der Waals surface area contributed by atoms with Crippen molar-refractivity contribution >= 4 is 0 Å². The van der Waals surface area contributed by atoms with Crippen LogP contribution in [0.5, 0.6) is 0 Å². The predicted octanol–water partition coefficient (Wildman–Crippen LogP) is 0.487. The third-order valence-electron chi connectivity index (χ3n) is 2.52. The Labute approximate surface area is 83.4 Å². The van der Waals surface area contributed by atoms with Crippen LogP contribution in [0.15, 0.2) is 23.0 Å². The Hall–Kier alpha value is -0.840. The van der Waals surface area contributed by atoms with E-state index in [9.17, 15) is 0 Å². The maximum Gasteiger partial charge on any atom is 0.0947 e. The SMILES string of the molecule is NC1(CNCc2ccoc2)CCOC1. The van der Waals surface area contributed by atoms with E-state index < -0.39 is 0 Å². The molecule has 2 heterocycles. The molecule has 1 aromatic heterocycles. The number of furan rings is 1. The van der Waals surface area contributed by atoms with E-state index in [0.29, 0.717) is 6.61 Å². The van der Waals surface area contributed by atoms with Crippen molar-refractivity contribution in [2.24, 2.45) is 5.73 Å². The highest BCUT2D eigenvalue weighted by Gasteiger charge is 2.29. The van der Waals surface area contributed by atoms with E-state index in [1.807, 2.05) is 6.07 Å². The molecule has 1 aliphatic heterocycles. The van der Waals surface area contributed by atoms with Crippen LogP contribution in [-0.2, 0) is 11.3 Å². The van der Waals surface area contributed by atoms with Gasteiger partial charge in [0.2, 0.25) is 0 Å². The fourth-order valence-electron chi connectivity index (χ4n) is 1.61. The molecular formula is C10H16N2O2. The summed E-state index contributed by atoms with van der Waals surface area (Å²) in [5.74, 6) is 0. The van der Waals surface area contributed by atoms with E-state index in [0.717, 1.165) is 31.7 Å². The van der Waals surface area contributed by atoms with Crippen molar-refractivity contribution < 1.29 is 9.15 Å². The smallest absolute Gasteiger partial charge is 0.0947 e. The first-order valence-corrected chi connectivity index (χ1v) is 4.87. The maximum atomic E-state index is 6.09. The van der Waals surface area contributed by atoms with E-state index in [2.05, 4.69) is 5.32 Å². The fraction of sp³-hybridized carbons (Fsp3) is 0.600. The van der Waals surface area contributed by atoms with Crippen LogP contribution in [0.2, 0.25) is 0 Å². The Balaban J connectivity index is 1.72. The van der Waals surface area contributed by atoms with Gasteiger partial charge in [-0.2, -0.15) is 0 Å². The highest BCUT2D eigenvalue weighted by Crippen LogP contribution is 2.14. The van der Waals surface area contributed by atoms with E-state index in [1.165, 1.54) is 0 Å². The first kappa shape index (κ1) is 9.71. The number of hydrogen-bond acceptors (Lipinski definition) is 4. The second kappa shape index (κ2) is 4.13. The molecule has 0 aromatic carbocycles. The molecule has 2 rings (SSSR count). The van der Waals surface area contributed by atoms with Crippen molar-refractivity contribution in [2.75, 3.05) is 19.8 Å². The Kier molecular flexibility index (Phi) is 2.86. The highest BCUT2D eigenvalue weighted by atomic mass is 16.5. The Morgan fingerprint density at radius 2 is 2.50 bits per heavy atom. The van der Waals surface area contributed by atoms with Gasteiger partial charge in [0.15, 0.2) is 0 Å². The third-order valence-corrected chi connectivity index (χ3v) is 2.52. The zero-order valence-electron chi connectivity index (χ0n) is 8.16. The molecule has 0 spiro atoms. The van der Waals surface area contributed by atoms with Crippen molar-refractivity contribution in [3.05, 3.63) is 24.2 Å². The first-order valence-electron chi connectivity index (χ1n) is 4.87. The number of rotatable bonds is 4. The average molecular weight is 196 g/mol. The lowest BCUT2D eigenvalue weighted by atomic mass is 10.0. The van der Waals surface area contributed by atoms with Gasteiger partial charge in [0.05, 0.1) is 24.7 Å². The van der Waals surface area contributed by atoms with E-state index >= 15 is 0 Å². The van der Waals surface area contributed by atoms with Gasteiger partial charge in [-0.15, -0.1) is 0 Å². The van der Waals surface area contributed by atoms with Gasteiger partial charge in [0.1, 0.15) is 0 Å². The van der Waals surface area contributed by atoms with Crippen molar-refractivity contribution in [3.8, 4) is 0 Å². The summed E-state index contributed by atoms with van der Waals surface area (Å²) in [6.45, 7) is 3.03. The monoisotopic (exact) mass is 196 g/mol. The minimum Gasteiger partial charge on any atom is -0.472 e. The third kappa shape index (κ3) is 2.35. The molecule has 1 unspecified atom stereocenters. The average Bonchev–Trinajstić information content (AvgIpc) is 2.77. The van der Waals surface area contributed by atoms with Crippen LogP contribution in [0.25, 0.3) is 0 Å². The number of nitrogens with two attached hydrogens (primary N) is 1. The molecule has 78 valence electrons. The summed E-state index contributed by atoms with van der Waals surface area (Å²) in [5.41, 5.74) is 7.06. The van der Waals surface area contributed by atoms with Gasteiger partial charge in [0, 0.05) is 25.3 Å². The molecule has 0 amide bonds. The van der Waals surface area contributed by atoms with Crippen LogP contribution in [0.1, 0.15) is 12.0 Å². The lowest BCUT2D eigenvalue weighted by molar-refractivity contribution is 0.177. The highest BCUT2D eigenvalue weighted by molar-refractivity contribution is 5.05. The van der Waals surface area contributed by atoms with Crippen LogP contribution >= 0.6 is 0 Å².